The van der Waals surface area contributed by atoms with E-state index < -0.39 is 0 Å². The second kappa shape index (κ2) is 6.53. The van der Waals surface area contributed by atoms with E-state index in [0.29, 0.717) is 17.9 Å². The molecule has 3 unspecified atom stereocenters. The van der Waals surface area contributed by atoms with E-state index in [1.807, 2.05) is 6.92 Å². The molecule has 3 N–H and O–H groups in total. The molecule has 4 heteroatoms. The van der Waals surface area contributed by atoms with E-state index in [9.17, 15) is 4.79 Å². The summed E-state index contributed by atoms with van der Waals surface area (Å²) in [6.45, 7) is 8.96. The van der Waals surface area contributed by atoms with Gasteiger partial charge in [-0.2, -0.15) is 0 Å². The van der Waals surface area contributed by atoms with E-state index in [1.54, 1.807) is 0 Å². The van der Waals surface area contributed by atoms with Crippen molar-refractivity contribution >= 4 is 5.91 Å². The Kier molecular flexibility index (Phi) is 5.60. The quantitative estimate of drug-likeness (QED) is 0.451. The third-order valence-electron chi connectivity index (χ3n) is 3.71. The summed E-state index contributed by atoms with van der Waals surface area (Å²) in [4.78, 5) is 11.1. The SMILES string of the molecule is CC1CC(OC(C)CCC(=O)NN)CC(C)(C)C1. The lowest BCUT2D eigenvalue weighted by Crippen LogP contribution is -2.35. The summed E-state index contributed by atoms with van der Waals surface area (Å²) in [5, 5.41) is 0. The lowest BCUT2D eigenvalue weighted by molar-refractivity contribution is -0.122. The van der Waals surface area contributed by atoms with Crippen molar-refractivity contribution in [3.8, 4) is 0 Å². The fourth-order valence-corrected chi connectivity index (χ4v) is 3.17. The highest BCUT2D eigenvalue weighted by Crippen LogP contribution is 2.40. The molecule has 0 radical (unpaired) electrons. The molecule has 3 atom stereocenters. The Labute approximate surface area is 111 Å². The average molecular weight is 256 g/mol. The minimum absolute atomic E-state index is 0.119. The van der Waals surface area contributed by atoms with Crippen molar-refractivity contribution in [1.29, 1.82) is 0 Å². The van der Waals surface area contributed by atoms with Crippen LogP contribution in [0.2, 0.25) is 0 Å². The number of nitrogens with one attached hydrogen (secondary N) is 1. The molecule has 0 aromatic carbocycles. The summed E-state index contributed by atoms with van der Waals surface area (Å²) in [7, 11) is 0. The van der Waals surface area contributed by atoms with Crippen LogP contribution >= 0.6 is 0 Å². The first-order chi connectivity index (χ1) is 8.32. The largest absolute Gasteiger partial charge is 0.375 e. The zero-order chi connectivity index (χ0) is 13.8. The number of carbonyl (C=O) groups excluding carboxylic acids is 1. The highest BCUT2D eigenvalue weighted by molar-refractivity contribution is 5.75. The molecular formula is C14H28N2O2. The maximum Gasteiger partial charge on any atom is 0.233 e. The Balaban J connectivity index is 2.34. The van der Waals surface area contributed by atoms with Crippen LogP contribution in [0.5, 0.6) is 0 Å². The Morgan fingerprint density at radius 3 is 2.72 bits per heavy atom. The van der Waals surface area contributed by atoms with Gasteiger partial charge >= 0.3 is 0 Å². The molecule has 1 rings (SSSR count). The molecule has 18 heavy (non-hydrogen) atoms. The fraction of sp³-hybridized carbons (Fsp3) is 0.929. The van der Waals surface area contributed by atoms with Crippen molar-refractivity contribution in [2.75, 3.05) is 0 Å². The third-order valence-corrected chi connectivity index (χ3v) is 3.71. The van der Waals surface area contributed by atoms with Crippen LogP contribution in [0.3, 0.4) is 0 Å². The summed E-state index contributed by atoms with van der Waals surface area (Å²) < 4.78 is 6.07. The maximum absolute atomic E-state index is 11.1. The van der Waals surface area contributed by atoms with Crippen LogP contribution in [0.15, 0.2) is 0 Å². The van der Waals surface area contributed by atoms with Crippen LogP contribution in [0.4, 0.5) is 0 Å². The number of ether oxygens (including phenoxy) is 1. The van der Waals surface area contributed by atoms with Gasteiger partial charge < -0.3 is 4.74 Å². The topological polar surface area (TPSA) is 64.3 Å². The molecule has 0 aromatic heterocycles. The molecule has 106 valence electrons. The Hall–Kier alpha value is -0.610. The van der Waals surface area contributed by atoms with Crippen molar-refractivity contribution in [3.63, 3.8) is 0 Å². The number of hydrazine groups is 1. The van der Waals surface area contributed by atoms with Gasteiger partial charge in [0, 0.05) is 6.42 Å². The van der Waals surface area contributed by atoms with Gasteiger partial charge in [-0.15, -0.1) is 0 Å². The standard InChI is InChI=1S/C14H28N2O2/c1-10-7-12(9-14(3,4)8-10)18-11(2)5-6-13(17)16-15/h10-12H,5-9,15H2,1-4H3,(H,16,17). The highest BCUT2D eigenvalue weighted by Gasteiger charge is 2.33. The van der Waals surface area contributed by atoms with Gasteiger partial charge in [0.15, 0.2) is 0 Å². The Morgan fingerprint density at radius 2 is 2.17 bits per heavy atom. The van der Waals surface area contributed by atoms with E-state index in [2.05, 4.69) is 26.2 Å². The number of amides is 1. The van der Waals surface area contributed by atoms with Gasteiger partial charge in [0.25, 0.3) is 0 Å². The van der Waals surface area contributed by atoms with Crippen molar-refractivity contribution in [3.05, 3.63) is 0 Å². The number of hydrogen-bond donors (Lipinski definition) is 2. The molecule has 0 aromatic rings. The van der Waals surface area contributed by atoms with Crippen LogP contribution in [-0.2, 0) is 9.53 Å². The summed E-state index contributed by atoms with van der Waals surface area (Å²) in [6, 6.07) is 0. The van der Waals surface area contributed by atoms with E-state index >= 15 is 0 Å². The van der Waals surface area contributed by atoms with E-state index in [1.165, 1.54) is 6.42 Å². The van der Waals surface area contributed by atoms with Gasteiger partial charge in [0.1, 0.15) is 0 Å². The molecule has 1 aliphatic rings. The minimum Gasteiger partial charge on any atom is -0.375 e. The molecule has 1 fully saturated rings. The lowest BCUT2D eigenvalue weighted by Gasteiger charge is -2.39. The molecule has 0 heterocycles. The zero-order valence-corrected chi connectivity index (χ0v) is 12.2. The van der Waals surface area contributed by atoms with Crippen molar-refractivity contribution < 1.29 is 9.53 Å². The monoisotopic (exact) mass is 256 g/mol. The van der Waals surface area contributed by atoms with Crippen LogP contribution in [-0.4, -0.2) is 18.1 Å². The normalized spacial score (nSPS) is 28.7. The van der Waals surface area contributed by atoms with Crippen LogP contribution in [0.25, 0.3) is 0 Å². The van der Waals surface area contributed by atoms with E-state index in [0.717, 1.165) is 25.2 Å². The second-order valence-electron chi connectivity index (χ2n) is 6.59. The third kappa shape index (κ3) is 5.36. The summed E-state index contributed by atoms with van der Waals surface area (Å²) >= 11 is 0. The summed E-state index contributed by atoms with van der Waals surface area (Å²) in [6.07, 6.45) is 5.14. The van der Waals surface area contributed by atoms with E-state index in [-0.39, 0.29) is 12.0 Å². The lowest BCUT2D eigenvalue weighted by atomic mass is 9.71. The zero-order valence-electron chi connectivity index (χ0n) is 12.2. The molecule has 1 saturated carbocycles. The first-order valence-corrected chi connectivity index (χ1v) is 6.97. The highest BCUT2D eigenvalue weighted by atomic mass is 16.5. The van der Waals surface area contributed by atoms with Gasteiger partial charge in [0.2, 0.25) is 5.91 Å². The van der Waals surface area contributed by atoms with Crippen molar-refractivity contribution in [2.45, 2.75) is 72.0 Å². The smallest absolute Gasteiger partial charge is 0.233 e. The molecule has 4 nitrogen and oxygen atoms in total. The minimum atomic E-state index is -0.122. The van der Waals surface area contributed by atoms with Gasteiger partial charge in [-0.1, -0.05) is 20.8 Å². The van der Waals surface area contributed by atoms with E-state index in [4.69, 9.17) is 10.6 Å². The molecule has 0 bridgehead atoms. The number of nitrogens with two attached hydrogens (primary N) is 1. The molecule has 0 aliphatic heterocycles. The van der Waals surface area contributed by atoms with Gasteiger partial charge in [0.05, 0.1) is 12.2 Å². The predicted octanol–water partition coefficient (Wildman–Crippen LogP) is 2.38. The molecule has 1 amide bonds. The van der Waals surface area contributed by atoms with Gasteiger partial charge in [-0.3, -0.25) is 10.2 Å². The van der Waals surface area contributed by atoms with Crippen molar-refractivity contribution in [2.24, 2.45) is 17.2 Å². The molecule has 0 spiro atoms. The molecule has 1 aliphatic carbocycles. The number of hydrogen-bond acceptors (Lipinski definition) is 3. The predicted molar refractivity (Wildman–Crippen MR) is 72.7 cm³/mol. The van der Waals surface area contributed by atoms with Crippen LogP contribution < -0.4 is 11.3 Å². The first kappa shape index (κ1) is 15.4. The first-order valence-electron chi connectivity index (χ1n) is 6.97. The number of carbonyl (C=O) groups is 1. The second-order valence-corrected chi connectivity index (χ2v) is 6.59. The summed E-state index contributed by atoms with van der Waals surface area (Å²) in [5.41, 5.74) is 2.52. The van der Waals surface area contributed by atoms with Crippen LogP contribution in [0.1, 0.15) is 59.8 Å². The average Bonchev–Trinajstić information content (AvgIpc) is 2.22. The van der Waals surface area contributed by atoms with Gasteiger partial charge in [-0.25, -0.2) is 5.84 Å². The maximum atomic E-state index is 11.1. The Morgan fingerprint density at radius 1 is 1.50 bits per heavy atom. The van der Waals surface area contributed by atoms with Crippen molar-refractivity contribution in [1.82, 2.24) is 5.43 Å². The van der Waals surface area contributed by atoms with Gasteiger partial charge in [-0.05, 0) is 43.9 Å². The Bertz CT molecular complexity index is 279. The summed E-state index contributed by atoms with van der Waals surface area (Å²) in [5.74, 6) is 5.65. The fourth-order valence-electron chi connectivity index (χ4n) is 3.17. The molecule has 0 saturated heterocycles. The number of rotatable bonds is 5. The van der Waals surface area contributed by atoms with Crippen LogP contribution in [0, 0.1) is 11.3 Å². The molecular weight excluding hydrogens is 228 g/mol.